The predicted molar refractivity (Wildman–Crippen MR) is 87.7 cm³/mol. The maximum Gasteiger partial charge on any atom is 0.407 e. The first kappa shape index (κ1) is 15.5. The molecule has 1 aliphatic heterocycles. The molecule has 1 amide bonds. The van der Waals surface area contributed by atoms with Crippen LogP contribution in [-0.4, -0.2) is 47.4 Å². The Bertz CT molecular complexity index is 628. The van der Waals surface area contributed by atoms with Gasteiger partial charge in [0.1, 0.15) is 6.10 Å². The molecule has 1 saturated heterocycles. The zero-order valence-corrected chi connectivity index (χ0v) is 14.0. The van der Waals surface area contributed by atoms with Crippen LogP contribution in [0.2, 0.25) is 0 Å². The average molecular weight is 332 g/mol. The number of amides is 1. The summed E-state index contributed by atoms with van der Waals surface area (Å²) in [7, 11) is 1.66. The average Bonchev–Trinajstić information content (AvgIpc) is 3.38. The number of ether oxygens (including phenoxy) is 2. The van der Waals surface area contributed by atoms with Crippen molar-refractivity contribution in [2.45, 2.75) is 50.5 Å². The first-order chi connectivity index (χ1) is 11.6. The van der Waals surface area contributed by atoms with E-state index in [4.69, 9.17) is 14.6 Å². The minimum absolute atomic E-state index is 0.165. The predicted octanol–water partition coefficient (Wildman–Crippen LogP) is 3.27. The van der Waals surface area contributed by atoms with Gasteiger partial charge in [-0.1, -0.05) is 0 Å². The van der Waals surface area contributed by atoms with Crippen LogP contribution in [0, 0.1) is 5.41 Å². The van der Waals surface area contributed by atoms with E-state index >= 15 is 0 Å². The van der Waals surface area contributed by atoms with Crippen molar-refractivity contribution in [2.75, 3.05) is 20.2 Å². The number of hydrogen-bond donors (Lipinski definition) is 1. The Morgan fingerprint density at radius 3 is 2.54 bits per heavy atom. The molecule has 130 valence electrons. The molecule has 1 aromatic heterocycles. The van der Waals surface area contributed by atoms with Crippen molar-refractivity contribution < 1.29 is 19.4 Å². The third kappa shape index (κ3) is 2.89. The topological polar surface area (TPSA) is 71.9 Å². The number of methoxy groups -OCH3 is 1. The Labute approximate surface area is 141 Å². The van der Waals surface area contributed by atoms with Gasteiger partial charge in [-0.25, -0.2) is 4.79 Å². The summed E-state index contributed by atoms with van der Waals surface area (Å²) >= 11 is 0. The first-order valence-electron chi connectivity index (χ1n) is 8.78. The van der Waals surface area contributed by atoms with E-state index in [0.717, 1.165) is 25.7 Å². The summed E-state index contributed by atoms with van der Waals surface area (Å²) in [4.78, 5) is 17.0. The lowest BCUT2D eigenvalue weighted by atomic mass is 9.68. The van der Waals surface area contributed by atoms with Crippen molar-refractivity contribution in [3.05, 3.63) is 17.7 Å². The van der Waals surface area contributed by atoms with Crippen molar-refractivity contribution in [2.24, 2.45) is 5.41 Å². The summed E-state index contributed by atoms with van der Waals surface area (Å²) in [6.45, 7) is 1.36. The molecule has 3 aliphatic rings. The van der Waals surface area contributed by atoms with Crippen molar-refractivity contribution >= 4 is 6.09 Å². The van der Waals surface area contributed by atoms with E-state index in [9.17, 15) is 4.79 Å². The molecule has 6 nitrogen and oxygen atoms in total. The van der Waals surface area contributed by atoms with Gasteiger partial charge in [-0.05, 0) is 50.5 Å². The van der Waals surface area contributed by atoms with E-state index in [1.165, 1.54) is 23.3 Å². The minimum atomic E-state index is -0.800. The molecule has 0 unspecified atom stereocenters. The van der Waals surface area contributed by atoms with Crippen LogP contribution in [0.5, 0.6) is 11.8 Å². The fourth-order valence-corrected chi connectivity index (χ4v) is 4.08. The summed E-state index contributed by atoms with van der Waals surface area (Å²) in [6, 6.07) is 4.04. The molecule has 2 aliphatic carbocycles. The zero-order chi connectivity index (χ0) is 16.7. The van der Waals surface area contributed by atoms with Crippen molar-refractivity contribution in [1.29, 1.82) is 0 Å². The van der Waals surface area contributed by atoms with E-state index in [1.54, 1.807) is 7.11 Å². The molecule has 0 bridgehead atoms. The van der Waals surface area contributed by atoms with E-state index in [-0.39, 0.29) is 11.5 Å². The molecular formula is C18H24N2O4. The van der Waals surface area contributed by atoms with Gasteiger partial charge in [-0.15, -0.1) is 0 Å². The quantitative estimate of drug-likeness (QED) is 0.916. The number of nitrogens with zero attached hydrogens (tertiary/aromatic N) is 2. The number of hydrogen-bond acceptors (Lipinski definition) is 4. The summed E-state index contributed by atoms with van der Waals surface area (Å²) in [5.74, 6) is 1.93. The molecule has 1 spiro atoms. The van der Waals surface area contributed by atoms with Crippen LogP contribution >= 0.6 is 0 Å². The molecule has 1 N–H and O–H groups in total. The Morgan fingerprint density at radius 1 is 1.25 bits per heavy atom. The third-order valence-corrected chi connectivity index (χ3v) is 5.68. The molecule has 2 saturated carbocycles. The highest BCUT2D eigenvalue weighted by Crippen LogP contribution is 2.46. The monoisotopic (exact) mass is 332 g/mol. The summed E-state index contributed by atoms with van der Waals surface area (Å²) in [6.07, 6.45) is 5.78. The molecule has 0 aromatic carbocycles. The Balaban J connectivity index is 1.33. The molecule has 0 atom stereocenters. The number of rotatable bonds is 4. The second-order valence-electron chi connectivity index (χ2n) is 7.48. The van der Waals surface area contributed by atoms with Crippen molar-refractivity contribution in [3.8, 4) is 11.8 Å². The SMILES string of the molecule is COc1nc(OC2CCC3(CC2)CN(C(=O)O)C3)ccc1C1CC1. The van der Waals surface area contributed by atoms with Crippen LogP contribution in [-0.2, 0) is 0 Å². The van der Waals surface area contributed by atoms with Gasteiger partial charge in [-0.3, -0.25) is 0 Å². The van der Waals surface area contributed by atoms with Crippen LogP contribution in [0.15, 0.2) is 12.1 Å². The van der Waals surface area contributed by atoms with E-state index in [1.807, 2.05) is 6.07 Å². The molecule has 3 fully saturated rings. The highest BCUT2D eigenvalue weighted by molar-refractivity contribution is 5.66. The number of carbonyl (C=O) groups is 1. The third-order valence-electron chi connectivity index (χ3n) is 5.68. The fourth-order valence-electron chi connectivity index (χ4n) is 4.08. The Hall–Kier alpha value is -1.98. The van der Waals surface area contributed by atoms with Crippen LogP contribution in [0.3, 0.4) is 0 Å². The molecule has 6 heteroatoms. The molecule has 1 aromatic rings. The van der Waals surface area contributed by atoms with Gasteiger partial charge < -0.3 is 19.5 Å². The van der Waals surface area contributed by atoms with E-state index < -0.39 is 6.09 Å². The zero-order valence-electron chi connectivity index (χ0n) is 14.0. The maximum absolute atomic E-state index is 10.9. The molecule has 4 rings (SSSR count). The number of pyridine rings is 1. The van der Waals surface area contributed by atoms with Gasteiger partial charge in [0.25, 0.3) is 0 Å². The highest BCUT2D eigenvalue weighted by atomic mass is 16.5. The minimum Gasteiger partial charge on any atom is -0.481 e. The Kier molecular flexibility index (Phi) is 3.77. The smallest absolute Gasteiger partial charge is 0.407 e. The Morgan fingerprint density at radius 2 is 1.96 bits per heavy atom. The van der Waals surface area contributed by atoms with Gasteiger partial charge in [0, 0.05) is 30.1 Å². The van der Waals surface area contributed by atoms with Crippen LogP contribution in [0.25, 0.3) is 0 Å². The van der Waals surface area contributed by atoms with Crippen molar-refractivity contribution in [3.63, 3.8) is 0 Å². The normalized spacial score (nSPS) is 23.0. The van der Waals surface area contributed by atoms with Gasteiger partial charge in [0.05, 0.1) is 7.11 Å². The molecular weight excluding hydrogens is 308 g/mol. The number of likely N-dealkylation sites (tertiary alicyclic amines) is 1. The van der Waals surface area contributed by atoms with Gasteiger partial charge in [-0.2, -0.15) is 4.98 Å². The summed E-state index contributed by atoms with van der Waals surface area (Å²) < 4.78 is 11.5. The van der Waals surface area contributed by atoms with Gasteiger partial charge in [0.15, 0.2) is 0 Å². The summed E-state index contributed by atoms with van der Waals surface area (Å²) in [5.41, 5.74) is 1.38. The fraction of sp³-hybridized carbons (Fsp3) is 0.667. The standard InChI is InChI=1S/C18H24N2O4/c1-23-16-14(12-2-3-12)4-5-15(19-16)24-13-6-8-18(9-7-13)10-20(11-18)17(21)22/h4-5,12-13H,2-3,6-11H2,1H3,(H,21,22). The largest absolute Gasteiger partial charge is 0.481 e. The van der Waals surface area contributed by atoms with Crippen LogP contribution < -0.4 is 9.47 Å². The van der Waals surface area contributed by atoms with Gasteiger partial charge in [0.2, 0.25) is 11.8 Å². The maximum atomic E-state index is 10.9. The first-order valence-corrected chi connectivity index (χ1v) is 8.78. The lowest BCUT2D eigenvalue weighted by Gasteiger charge is -2.52. The lowest BCUT2D eigenvalue weighted by molar-refractivity contribution is -0.0374. The number of aromatic nitrogens is 1. The molecule has 24 heavy (non-hydrogen) atoms. The van der Waals surface area contributed by atoms with Crippen LogP contribution in [0.4, 0.5) is 4.79 Å². The van der Waals surface area contributed by atoms with Crippen molar-refractivity contribution in [1.82, 2.24) is 9.88 Å². The van der Waals surface area contributed by atoms with E-state index in [0.29, 0.717) is 30.8 Å². The van der Waals surface area contributed by atoms with Crippen LogP contribution in [0.1, 0.15) is 50.0 Å². The second-order valence-corrected chi connectivity index (χ2v) is 7.48. The highest BCUT2D eigenvalue weighted by Gasteiger charge is 2.47. The number of carboxylic acid groups (broad SMARTS) is 1. The molecule has 2 heterocycles. The lowest BCUT2D eigenvalue weighted by Crippen LogP contribution is -2.59. The second kappa shape index (κ2) is 5.83. The molecule has 0 radical (unpaired) electrons. The van der Waals surface area contributed by atoms with E-state index in [2.05, 4.69) is 11.1 Å². The summed E-state index contributed by atoms with van der Waals surface area (Å²) in [5, 5.41) is 8.99. The van der Waals surface area contributed by atoms with Gasteiger partial charge >= 0.3 is 6.09 Å².